The third-order valence-electron chi connectivity index (χ3n) is 3.56. The summed E-state index contributed by atoms with van der Waals surface area (Å²) < 4.78 is 29.9. The minimum absolute atomic E-state index is 0.0174. The molecule has 1 heterocycles. The lowest BCUT2D eigenvalue weighted by atomic mass is 10.2. The van der Waals surface area contributed by atoms with Gasteiger partial charge in [0.1, 0.15) is 17.1 Å². The number of aromatic carboxylic acids is 1. The number of rotatable bonds is 7. The summed E-state index contributed by atoms with van der Waals surface area (Å²) in [7, 11) is -3.54. The third kappa shape index (κ3) is 4.27. The van der Waals surface area contributed by atoms with Gasteiger partial charge in [0.05, 0.1) is 22.8 Å². The second kappa shape index (κ2) is 7.52. The lowest BCUT2D eigenvalue weighted by molar-refractivity contribution is 0.0694. The van der Waals surface area contributed by atoms with E-state index in [1.807, 2.05) is 0 Å². The maximum Gasteiger partial charge on any atom is 0.339 e. The van der Waals surface area contributed by atoms with Crippen LogP contribution in [0.4, 0.5) is 0 Å². The lowest BCUT2D eigenvalue weighted by Crippen LogP contribution is -2.25. The molecule has 1 aromatic carbocycles. The van der Waals surface area contributed by atoms with Crippen molar-refractivity contribution in [3.63, 3.8) is 0 Å². The molecule has 0 radical (unpaired) electrons. The number of nitrogens with one attached hydrogen (secondary N) is 1. The van der Waals surface area contributed by atoms with E-state index in [4.69, 9.17) is 9.52 Å². The summed E-state index contributed by atoms with van der Waals surface area (Å²) in [5.74, 6) is -1.22. The molecule has 0 fully saturated rings. The highest BCUT2D eigenvalue weighted by Gasteiger charge is 2.22. The number of carbonyl (C=O) groups excluding carboxylic acids is 1. The number of hydrogen-bond donors (Lipinski definition) is 2. The fourth-order valence-corrected chi connectivity index (χ4v) is 3.95. The molecule has 1 aromatic heterocycles. The topological polar surface area (TPSA) is 114 Å². The molecule has 0 saturated carbocycles. The molecule has 2 N–H and O–H groups in total. The Hall–Kier alpha value is -2.61. The maximum atomic E-state index is 12.4. The minimum Gasteiger partial charge on any atom is -0.478 e. The van der Waals surface area contributed by atoms with Gasteiger partial charge < -0.3 is 14.8 Å². The van der Waals surface area contributed by atoms with Crippen LogP contribution in [0.3, 0.4) is 0 Å². The van der Waals surface area contributed by atoms with E-state index in [1.54, 1.807) is 19.1 Å². The largest absolute Gasteiger partial charge is 0.478 e. The van der Waals surface area contributed by atoms with Crippen molar-refractivity contribution < 1.29 is 27.5 Å². The monoisotopic (exact) mass is 365 g/mol. The zero-order valence-corrected chi connectivity index (χ0v) is 14.7. The Kier molecular flexibility index (Phi) is 5.63. The molecule has 0 atom stereocenters. The van der Waals surface area contributed by atoms with E-state index >= 15 is 0 Å². The van der Waals surface area contributed by atoms with Gasteiger partial charge in [-0.25, -0.2) is 13.2 Å². The van der Waals surface area contributed by atoms with Crippen molar-refractivity contribution in [2.75, 3.05) is 5.75 Å². The standard InChI is InChI=1S/C17H19NO6S/c1-3-8-25(22,23)15-7-5-4-6-13(15)16(19)18-10-12-9-14(17(20)21)11(2)24-12/h4-7,9H,3,8,10H2,1-2H3,(H,18,19)(H,20,21). The quantitative estimate of drug-likeness (QED) is 0.779. The Bertz CT molecular complexity index is 898. The number of hydrogen-bond acceptors (Lipinski definition) is 5. The van der Waals surface area contributed by atoms with E-state index in [-0.39, 0.29) is 39.8 Å². The van der Waals surface area contributed by atoms with Gasteiger partial charge in [-0.1, -0.05) is 19.1 Å². The number of aryl methyl sites for hydroxylation is 1. The number of benzene rings is 1. The molecule has 0 aliphatic carbocycles. The Labute approximate surface area is 145 Å². The summed E-state index contributed by atoms with van der Waals surface area (Å²) in [4.78, 5) is 23.4. The number of carbonyl (C=O) groups is 2. The predicted molar refractivity (Wildman–Crippen MR) is 90.4 cm³/mol. The van der Waals surface area contributed by atoms with E-state index in [2.05, 4.69) is 5.32 Å². The third-order valence-corrected chi connectivity index (χ3v) is 5.53. The molecule has 1 amide bonds. The van der Waals surface area contributed by atoms with Crippen LogP contribution in [-0.4, -0.2) is 31.2 Å². The van der Waals surface area contributed by atoms with Crippen LogP contribution < -0.4 is 5.32 Å². The van der Waals surface area contributed by atoms with Gasteiger partial charge in [-0.05, 0) is 31.5 Å². The molecule has 2 aromatic rings. The summed E-state index contributed by atoms with van der Waals surface area (Å²) in [6.07, 6.45) is 0.446. The second-order valence-corrected chi connectivity index (χ2v) is 7.56. The van der Waals surface area contributed by atoms with E-state index in [0.717, 1.165) is 0 Å². The van der Waals surface area contributed by atoms with Crippen molar-refractivity contribution in [2.24, 2.45) is 0 Å². The number of carboxylic acids is 1. The Morgan fingerprint density at radius 3 is 2.48 bits per heavy atom. The summed E-state index contributed by atoms with van der Waals surface area (Å²) in [6.45, 7) is 3.22. The van der Waals surface area contributed by atoms with Gasteiger partial charge in [-0.2, -0.15) is 0 Å². The van der Waals surface area contributed by atoms with Crippen molar-refractivity contribution >= 4 is 21.7 Å². The number of sulfone groups is 1. The highest BCUT2D eigenvalue weighted by atomic mass is 32.2. The first-order valence-electron chi connectivity index (χ1n) is 7.69. The van der Waals surface area contributed by atoms with Crippen molar-refractivity contribution in [2.45, 2.75) is 31.7 Å². The zero-order chi connectivity index (χ0) is 18.6. The predicted octanol–water partition coefficient (Wildman–Crippen LogP) is 2.40. The highest BCUT2D eigenvalue weighted by Crippen LogP contribution is 2.19. The van der Waals surface area contributed by atoms with Gasteiger partial charge in [0.2, 0.25) is 0 Å². The van der Waals surface area contributed by atoms with Gasteiger partial charge in [0, 0.05) is 0 Å². The van der Waals surface area contributed by atoms with Crippen molar-refractivity contribution in [3.8, 4) is 0 Å². The van der Waals surface area contributed by atoms with Crippen molar-refractivity contribution in [1.29, 1.82) is 0 Å². The fraction of sp³-hybridized carbons (Fsp3) is 0.294. The van der Waals surface area contributed by atoms with Gasteiger partial charge in [-0.3, -0.25) is 4.79 Å². The molecule has 7 nitrogen and oxygen atoms in total. The van der Waals surface area contributed by atoms with E-state index < -0.39 is 21.7 Å². The first kappa shape index (κ1) is 18.7. The van der Waals surface area contributed by atoms with E-state index in [1.165, 1.54) is 25.1 Å². The Balaban J connectivity index is 2.20. The molecule has 0 bridgehead atoms. The Morgan fingerprint density at radius 2 is 1.88 bits per heavy atom. The average molecular weight is 365 g/mol. The second-order valence-electron chi connectivity index (χ2n) is 5.49. The van der Waals surface area contributed by atoms with Crippen LogP contribution in [0.15, 0.2) is 39.6 Å². The van der Waals surface area contributed by atoms with Gasteiger partial charge in [0.15, 0.2) is 9.84 Å². The first-order chi connectivity index (χ1) is 11.8. The van der Waals surface area contributed by atoms with E-state index in [9.17, 15) is 18.0 Å². The molecule has 0 saturated heterocycles. The van der Waals surface area contributed by atoms with Crippen LogP contribution in [0, 0.1) is 6.92 Å². The summed E-state index contributed by atoms with van der Waals surface area (Å²) in [5, 5.41) is 11.6. The summed E-state index contributed by atoms with van der Waals surface area (Å²) >= 11 is 0. The van der Waals surface area contributed by atoms with Crippen LogP contribution in [0.1, 0.15) is 45.6 Å². The van der Waals surface area contributed by atoms with Crippen LogP contribution in [-0.2, 0) is 16.4 Å². The highest BCUT2D eigenvalue weighted by molar-refractivity contribution is 7.91. The lowest BCUT2D eigenvalue weighted by Gasteiger charge is -2.10. The SMILES string of the molecule is CCCS(=O)(=O)c1ccccc1C(=O)NCc1cc(C(=O)O)c(C)o1. The van der Waals surface area contributed by atoms with Gasteiger partial charge >= 0.3 is 5.97 Å². The number of furan rings is 1. The van der Waals surface area contributed by atoms with E-state index in [0.29, 0.717) is 6.42 Å². The van der Waals surface area contributed by atoms with Crippen LogP contribution in [0.2, 0.25) is 0 Å². The average Bonchev–Trinajstić information content (AvgIpc) is 2.94. The molecular formula is C17H19NO6S. The summed E-state index contributed by atoms with van der Waals surface area (Å²) in [6, 6.07) is 7.32. The smallest absolute Gasteiger partial charge is 0.339 e. The number of carboxylic acid groups (broad SMARTS) is 1. The molecular weight excluding hydrogens is 346 g/mol. The first-order valence-corrected chi connectivity index (χ1v) is 9.34. The number of amides is 1. The van der Waals surface area contributed by atoms with Crippen LogP contribution >= 0.6 is 0 Å². The molecule has 0 unspecified atom stereocenters. The minimum atomic E-state index is -3.54. The molecule has 0 aliphatic heterocycles. The molecule has 0 aliphatic rings. The normalized spacial score (nSPS) is 11.3. The van der Waals surface area contributed by atoms with Crippen LogP contribution in [0.5, 0.6) is 0 Å². The molecule has 0 spiro atoms. The summed E-state index contributed by atoms with van der Waals surface area (Å²) in [5.41, 5.74) is 0.0767. The van der Waals surface area contributed by atoms with Gasteiger partial charge in [0.25, 0.3) is 5.91 Å². The van der Waals surface area contributed by atoms with Gasteiger partial charge in [-0.15, -0.1) is 0 Å². The Morgan fingerprint density at radius 1 is 1.20 bits per heavy atom. The maximum absolute atomic E-state index is 12.4. The molecule has 25 heavy (non-hydrogen) atoms. The van der Waals surface area contributed by atoms with Crippen molar-refractivity contribution in [1.82, 2.24) is 5.32 Å². The zero-order valence-electron chi connectivity index (χ0n) is 13.9. The van der Waals surface area contributed by atoms with Crippen molar-refractivity contribution in [3.05, 3.63) is 53.0 Å². The fourth-order valence-electron chi connectivity index (χ4n) is 2.41. The van der Waals surface area contributed by atoms with Crippen LogP contribution in [0.25, 0.3) is 0 Å². The molecule has 134 valence electrons. The molecule has 2 rings (SSSR count). The molecule has 8 heteroatoms.